The number of nitrogens with one attached hydrogen (secondary N) is 1. The molecule has 2 aromatic rings. The van der Waals surface area contributed by atoms with Gasteiger partial charge in [0.15, 0.2) is 0 Å². The van der Waals surface area contributed by atoms with Crippen molar-refractivity contribution in [3.63, 3.8) is 0 Å². The Labute approximate surface area is 134 Å². The van der Waals surface area contributed by atoms with Gasteiger partial charge in [0.2, 0.25) is 0 Å². The van der Waals surface area contributed by atoms with Crippen LogP contribution < -0.4 is 5.32 Å². The molecule has 1 atom stereocenters. The Hall–Kier alpha value is -0.770. The Morgan fingerprint density at radius 1 is 1.05 bits per heavy atom. The van der Waals surface area contributed by atoms with Crippen molar-refractivity contribution < 1.29 is 0 Å². The highest BCUT2D eigenvalue weighted by Crippen LogP contribution is 2.20. The molecule has 0 saturated carbocycles. The summed E-state index contributed by atoms with van der Waals surface area (Å²) in [6.45, 7) is 3.18. The number of benzene rings is 2. The van der Waals surface area contributed by atoms with Gasteiger partial charge in [0.05, 0.1) is 0 Å². The molecule has 0 aliphatic rings. The van der Waals surface area contributed by atoms with Crippen molar-refractivity contribution in [2.45, 2.75) is 24.3 Å². The van der Waals surface area contributed by atoms with E-state index in [1.807, 2.05) is 11.8 Å². The topological polar surface area (TPSA) is 12.0 Å². The minimum absolute atomic E-state index is 0.506. The van der Waals surface area contributed by atoms with E-state index in [1.165, 1.54) is 10.5 Å². The smallest absolute Gasteiger partial charge is 0.0201 e. The Kier molecular flexibility index (Phi) is 6.64. The van der Waals surface area contributed by atoms with Gasteiger partial charge in [-0.3, -0.25) is 0 Å². The first kappa shape index (κ1) is 15.6. The maximum atomic E-state index is 3.58. The fourth-order valence-electron chi connectivity index (χ4n) is 2.10. The second kappa shape index (κ2) is 8.50. The van der Waals surface area contributed by atoms with E-state index < -0.39 is 0 Å². The molecule has 2 aromatic carbocycles. The molecule has 0 saturated heterocycles. The molecule has 3 heteroatoms. The molecule has 2 rings (SSSR count). The third kappa shape index (κ3) is 5.31. The molecule has 0 fully saturated rings. The molecule has 0 aliphatic carbocycles. The van der Waals surface area contributed by atoms with Gasteiger partial charge in [0.25, 0.3) is 0 Å². The highest BCUT2D eigenvalue weighted by Gasteiger charge is 2.09. The minimum Gasteiger partial charge on any atom is -0.313 e. The van der Waals surface area contributed by atoms with Crippen molar-refractivity contribution in [3.8, 4) is 0 Å². The van der Waals surface area contributed by atoms with E-state index in [2.05, 4.69) is 82.8 Å². The van der Waals surface area contributed by atoms with Crippen LogP contribution in [0.1, 0.15) is 12.5 Å². The highest BCUT2D eigenvalue weighted by molar-refractivity contribution is 9.10. The third-order valence-electron chi connectivity index (χ3n) is 3.08. The lowest BCUT2D eigenvalue weighted by Crippen LogP contribution is -2.33. The van der Waals surface area contributed by atoms with Gasteiger partial charge in [0, 0.05) is 21.2 Å². The van der Waals surface area contributed by atoms with E-state index in [9.17, 15) is 0 Å². The van der Waals surface area contributed by atoms with Gasteiger partial charge in [-0.1, -0.05) is 53.2 Å². The molecule has 1 nitrogen and oxygen atoms in total. The Bertz CT molecular complexity index is 498. The second-order valence-electron chi connectivity index (χ2n) is 4.71. The molecule has 0 amide bonds. The highest BCUT2D eigenvalue weighted by atomic mass is 79.9. The molecule has 0 bridgehead atoms. The van der Waals surface area contributed by atoms with Crippen LogP contribution in [-0.2, 0) is 6.42 Å². The number of hydrogen-bond acceptors (Lipinski definition) is 2. The summed E-state index contributed by atoms with van der Waals surface area (Å²) >= 11 is 5.40. The summed E-state index contributed by atoms with van der Waals surface area (Å²) in [6.07, 6.45) is 1.07. The molecule has 0 radical (unpaired) electrons. The molecule has 1 unspecified atom stereocenters. The molecule has 106 valence electrons. The second-order valence-corrected chi connectivity index (χ2v) is 6.72. The largest absolute Gasteiger partial charge is 0.313 e. The van der Waals surface area contributed by atoms with E-state index in [4.69, 9.17) is 0 Å². The SMILES string of the molecule is CCNC(CSc1ccccc1)Cc1ccc(Br)cc1. The monoisotopic (exact) mass is 349 g/mol. The molecule has 0 aromatic heterocycles. The zero-order chi connectivity index (χ0) is 14.2. The van der Waals surface area contributed by atoms with E-state index in [-0.39, 0.29) is 0 Å². The van der Waals surface area contributed by atoms with Gasteiger partial charge in [-0.2, -0.15) is 0 Å². The van der Waals surface area contributed by atoms with E-state index >= 15 is 0 Å². The summed E-state index contributed by atoms with van der Waals surface area (Å²) < 4.78 is 1.14. The maximum Gasteiger partial charge on any atom is 0.0201 e. The zero-order valence-corrected chi connectivity index (χ0v) is 14.1. The van der Waals surface area contributed by atoms with E-state index in [0.717, 1.165) is 23.2 Å². The van der Waals surface area contributed by atoms with Crippen LogP contribution >= 0.6 is 27.7 Å². The summed E-state index contributed by atoms with van der Waals surface area (Å²) in [5, 5.41) is 3.58. The number of likely N-dealkylation sites (N-methyl/N-ethyl adjacent to an activating group) is 1. The Morgan fingerprint density at radius 2 is 1.75 bits per heavy atom. The maximum absolute atomic E-state index is 3.58. The van der Waals surface area contributed by atoms with Crippen molar-refractivity contribution in [1.82, 2.24) is 5.32 Å². The fourth-order valence-corrected chi connectivity index (χ4v) is 3.34. The van der Waals surface area contributed by atoms with Crippen molar-refractivity contribution in [1.29, 1.82) is 0 Å². The van der Waals surface area contributed by atoms with Crippen molar-refractivity contribution in [2.75, 3.05) is 12.3 Å². The van der Waals surface area contributed by atoms with E-state index in [1.54, 1.807) is 0 Å². The molecular weight excluding hydrogens is 330 g/mol. The van der Waals surface area contributed by atoms with Gasteiger partial charge >= 0.3 is 0 Å². The predicted octanol–water partition coefficient (Wildman–Crippen LogP) is 4.76. The summed E-state index contributed by atoms with van der Waals surface area (Å²) in [6, 6.07) is 19.7. The average molecular weight is 350 g/mol. The molecule has 0 aliphatic heterocycles. The lowest BCUT2D eigenvalue weighted by atomic mass is 10.1. The van der Waals surface area contributed by atoms with Gasteiger partial charge in [-0.15, -0.1) is 11.8 Å². The van der Waals surface area contributed by atoms with Crippen LogP contribution in [0.4, 0.5) is 0 Å². The summed E-state index contributed by atoms with van der Waals surface area (Å²) in [5.41, 5.74) is 1.38. The Morgan fingerprint density at radius 3 is 2.40 bits per heavy atom. The van der Waals surface area contributed by atoms with Crippen molar-refractivity contribution >= 4 is 27.7 Å². The van der Waals surface area contributed by atoms with Crippen LogP contribution in [0.25, 0.3) is 0 Å². The van der Waals surface area contributed by atoms with Gasteiger partial charge < -0.3 is 5.32 Å². The van der Waals surface area contributed by atoms with E-state index in [0.29, 0.717) is 6.04 Å². The first-order valence-electron chi connectivity index (χ1n) is 6.93. The molecule has 0 spiro atoms. The number of halogens is 1. The fraction of sp³-hybridized carbons (Fsp3) is 0.294. The first-order chi connectivity index (χ1) is 9.78. The Balaban J connectivity index is 1.91. The molecule has 20 heavy (non-hydrogen) atoms. The van der Waals surface area contributed by atoms with Crippen molar-refractivity contribution in [3.05, 3.63) is 64.6 Å². The van der Waals surface area contributed by atoms with Crippen LogP contribution in [0.2, 0.25) is 0 Å². The minimum atomic E-state index is 0.506. The van der Waals surface area contributed by atoms with Crippen LogP contribution in [-0.4, -0.2) is 18.3 Å². The first-order valence-corrected chi connectivity index (χ1v) is 8.71. The van der Waals surface area contributed by atoms with Crippen LogP contribution in [0, 0.1) is 0 Å². The van der Waals surface area contributed by atoms with Crippen LogP contribution in [0.3, 0.4) is 0 Å². The molecule has 0 heterocycles. The zero-order valence-electron chi connectivity index (χ0n) is 11.7. The van der Waals surface area contributed by atoms with Gasteiger partial charge in [-0.25, -0.2) is 0 Å². The number of rotatable bonds is 7. The van der Waals surface area contributed by atoms with Gasteiger partial charge in [0.1, 0.15) is 0 Å². The van der Waals surface area contributed by atoms with Gasteiger partial charge in [-0.05, 0) is 42.8 Å². The third-order valence-corrected chi connectivity index (χ3v) is 4.79. The predicted molar refractivity (Wildman–Crippen MR) is 92.5 cm³/mol. The molecule has 1 N–H and O–H groups in total. The molecular formula is C17H20BrNS. The summed E-state index contributed by atoms with van der Waals surface area (Å²) in [5.74, 6) is 1.09. The van der Waals surface area contributed by atoms with Crippen molar-refractivity contribution in [2.24, 2.45) is 0 Å². The lowest BCUT2D eigenvalue weighted by Gasteiger charge is -2.17. The van der Waals surface area contributed by atoms with Crippen LogP contribution in [0.5, 0.6) is 0 Å². The quantitative estimate of drug-likeness (QED) is 0.723. The normalized spacial score (nSPS) is 12.3. The standard InChI is InChI=1S/C17H20BrNS/c1-2-19-16(12-14-8-10-15(18)11-9-14)13-20-17-6-4-3-5-7-17/h3-11,16,19H,2,12-13H2,1H3. The average Bonchev–Trinajstić information content (AvgIpc) is 2.48. The summed E-state index contributed by atoms with van der Waals surface area (Å²) in [4.78, 5) is 1.34. The number of thioether (sulfide) groups is 1. The summed E-state index contributed by atoms with van der Waals surface area (Å²) in [7, 11) is 0. The van der Waals surface area contributed by atoms with Crippen LogP contribution in [0.15, 0.2) is 64.0 Å². The number of hydrogen-bond donors (Lipinski definition) is 1. The lowest BCUT2D eigenvalue weighted by molar-refractivity contribution is 0.572.